The Kier molecular flexibility index (Phi) is 4.15. The topological polar surface area (TPSA) is 86.4 Å². The minimum atomic E-state index is -0.531. The number of para-hydroxylation sites is 1. The maximum atomic E-state index is 12.2. The summed E-state index contributed by atoms with van der Waals surface area (Å²) >= 11 is 0. The molecule has 0 aliphatic rings. The first kappa shape index (κ1) is 15.5. The predicted molar refractivity (Wildman–Crippen MR) is 90.2 cm³/mol. The van der Waals surface area contributed by atoms with Gasteiger partial charge in [0.05, 0.1) is 12.0 Å². The van der Waals surface area contributed by atoms with Crippen LogP contribution in [0, 0.1) is 10.1 Å². The molecule has 0 saturated carbocycles. The molecule has 0 spiro atoms. The number of amides is 1. The van der Waals surface area contributed by atoms with Crippen LogP contribution in [-0.4, -0.2) is 22.5 Å². The molecule has 7 heteroatoms. The molecule has 7 nitrogen and oxygen atoms in total. The number of hydrogen-bond acceptors (Lipinski definition) is 4. The van der Waals surface area contributed by atoms with E-state index < -0.39 is 4.92 Å². The summed E-state index contributed by atoms with van der Waals surface area (Å²) in [6.07, 6.45) is 1.85. The van der Waals surface area contributed by atoms with Gasteiger partial charge in [-0.15, -0.1) is 0 Å². The van der Waals surface area contributed by atoms with Crippen molar-refractivity contribution < 1.29 is 14.5 Å². The zero-order chi connectivity index (χ0) is 17.1. The molecule has 1 amide bonds. The Bertz CT molecular complexity index is 917. The van der Waals surface area contributed by atoms with Crippen molar-refractivity contribution in [1.29, 1.82) is 0 Å². The van der Waals surface area contributed by atoms with E-state index in [9.17, 15) is 14.9 Å². The van der Waals surface area contributed by atoms with Crippen LogP contribution in [0.3, 0.4) is 0 Å². The van der Waals surface area contributed by atoms with Crippen molar-refractivity contribution in [3.8, 4) is 5.75 Å². The Morgan fingerprint density at radius 3 is 2.79 bits per heavy atom. The number of carbonyl (C=O) groups excluding carboxylic acids is 1. The van der Waals surface area contributed by atoms with Gasteiger partial charge in [0.25, 0.3) is 0 Å². The Labute approximate surface area is 137 Å². The summed E-state index contributed by atoms with van der Waals surface area (Å²) in [5.41, 5.74) is 1.26. The van der Waals surface area contributed by atoms with Crippen LogP contribution in [0.15, 0.2) is 54.7 Å². The second kappa shape index (κ2) is 6.41. The van der Waals surface area contributed by atoms with Crippen molar-refractivity contribution in [1.82, 2.24) is 4.57 Å². The molecule has 0 unspecified atom stereocenters. The Hall–Kier alpha value is -3.35. The SMILES string of the molecule is COc1cc(NC(=O)Cn2ccc3ccccc32)ccc1[N+](=O)[O-]. The molecule has 1 heterocycles. The molecule has 0 aliphatic carbocycles. The summed E-state index contributed by atoms with van der Waals surface area (Å²) in [5.74, 6) is -0.128. The third kappa shape index (κ3) is 3.05. The number of anilines is 1. The first-order chi connectivity index (χ1) is 11.6. The molecule has 3 aromatic rings. The normalized spacial score (nSPS) is 10.5. The number of nitrogens with one attached hydrogen (secondary N) is 1. The second-order valence-electron chi connectivity index (χ2n) is 5.19. The van der Waals surface area contributed by atoms with E-state index >= 15 is 0 Å². The maximum Gasteiger partial charge on any atom is 0.311 e. The predicted octanol–water partition coefficient (Wildman–Crippen LogP) is 3.20. The van der Waals surface area contributed by atoms with Crippen molar-refractivity contribution in [2.75, 3.05) is 12.4 Å². The third-order valence-corrected chi connectivity index (χ3v) is 3.65. The van der Waals surface area contributed by atoms with Gasteiger partial charge in [-0.3, -0.25) is 14.9 Å². The van der Waals surface area contributed by atoms with Crippen LogP contribution in [0.2, 0.25) is 0 Å². The number of rotatable bonds is 5. The van der Waals surface area contributed by atoms with Crippen molar-refractivity contribution >= 4 is 28.2 Å². The van der Waals surface area contributed by atoms with Gasteiger partial charge in [-0.1, -0.05) is 18.2 Å². The molecule has 1 aromatic heterocycles. The quantitative estimate of drug-likeness (QED) is 0.576. The largest absolute Gasteiger partial charge is 0.490 e. The molecule has 0 aliphatic heterocycles. The first-order valence-electron chi connectivity index (χ1n) is 7.24. The summed E-state index contributed by atoms with van der Waals surface area (Å²) < 4.78 is 6.83. The number of carbonyl (C=O) groups is 1. The molecule has 0 saturated heterocycles. The van der Waals surface area contributed by atoms with Crippen molar-refractivity contribution in [3.05, 3.63) is 64.8 Å². The molecule has 2 aromatic carbocycles. The van der Waals surface area contributed by atoms with E-state index in [2.05, 4.69) is 5.32 Å². The molecule has 0 bridgehead atoms. The number of hydrogen-bond donors (Lipinski definition) is 1. The minimum Gasteiger partial charge on any atom is -0.490 e. The number of nitrogens with zero attached hydrogens (tertiary/aromatic N) is 2. The summed E-state index contributed by atoms with van der Waals surface area (Å²) in [6, 6.07) is 13.9. The van der Waals surface area contributed by atoms with E-state index in [0.29, 0.717) is 5.69 Å². The highest BCUT2D eigenvalue weighted by atomic mass is 16.6. The number of ether oxygens (including phenoxy) is 1. The van der Waals surface area contributed by atoms with Crippen LogP contribution in [0.1, 0.15) is 0 Å². The molecule has 0 atom stereocenters. The molecule has 3 rings (SSSR count). The van der Waals surface area contributed by atoms with Gasteiger partial charge in [0.15, 0.2) is 5.75 Å². The van der Waals surface area contributed by atoms with Crippen LogP contribution in [-0.2, 0) is 11.3 Å². The number of benzene rings is 2. The molecular formula is C17H15N3O4. The fourth-order valence-electron chi connectivity index (χ4n) is 2.54. The Morgan fingerprint density at radius 1 is 1.25 bits per heavy atom. The number of methoxy groups -OCH3 is 1. The van der Waals surface area contributed by atoms with Gasteiger partial charge in [-0.2, -0.15) is 0 Å². The van der Waals surface area contributed by atoms with Gasteiger partial charge in [0, 0.05) is 29.5 Å². The average molecular weight is 325 g/mol. The number of nitro benzene ring substituents is 1. The van der Waals surface area contributed by atoms with Crippen LogP contribution < -0.4 is 10.1 Å². The molecule has 122 valence electrons. The Balaban J connectivity index is 1.76. The van der Waals surface area contributed by atoms with Gasteiger partial charge in [-0.05, 0) is 23.6 Å². The van der Waals surface area contributed by atoms with E-state index in [1.165, 1.54) is 25.3 Å². The highest BCUT2D eigenvalue weighted by Crippen LogP contribution is 2.29. The van der Waals surface area contributed by atoms with Gasteiger partial charge in [0.1, 0.15) is 6.54 Å². The molecule has 0 fully saturated rings. The second-order valence-corrected chi connectivity index (χ2v) is 5.19. The zero-order valence-electron chi connectivity index (χ0n) is 12.9. The minimum absolute atomic E-state index is 0.101. The average Bonchev–Trinajstić information content (AvgIpc) is 2.97. The summed E-state index contributed by atoms with van der Waals surface area (Å²) in [7, 11) is 1.35. The lowest BCUT2D eigenvalue weighted by atomic mass is 10.2. The van der Waals surface area contributed by atoms with Crippen LogP contribution >= 0.6 is 0 Å². The summed E-state index contributed by atoms with van der Waals surface area (Å²) in [6.45, 7) is 0.146. The highest BCUT2D eigenvalue weighted by Gasteiger charge is 2.15. The van der Waals surface area contributed by atoms with E-state index in [4.69, 9.17) is 4.74 Å². The van der Waals surface area contributed by atoms with Gasteiger partial charge in [-0.25, -0.2) is 0 Å². The fourth-order valence-corrected chi connectivity index (χ4v) is 2.54. The first-order valence-corrected chi connectivity index (χ1v) is 7.24. The standard InChI is InChI=1S/C17H15N3O4/c1-24-16-10-13(6-7-15(16)20(22)23)18-17(21)11-19-9-8-12-4-2-3-5-14(12)19/h2-10H,11H2,1H3,(H,18,21). The Morgan fingerprint density at radius 2 is 2.04 bits per heavy atom. The number of nitro groups is 1. The third-order valence-electron chi connectivity index (χ3n) is 3.65. The monoisotopic (exact) mass is 325 g/mol. The van der Waals surface area contributed by atoms with Crippen LogP contribution in [0.4, 0.5) is 11.4 Å². The maximum absolute atomic E-state index is 12.2. The summed E-state index contributed by atoms with van der Waals surface area (Å²) in [4.78, 5) is 22.6. The fraction of sp³-hybridized carbons (Fsp3) is 0.118. The van der Waals surface area contributed by atoms with E-state index in [-0.39, 0.29) is 23.9 Å². The van der Waals surface area contributed by atoms with Gasteiger partial charge in [0.2, 0.25) is 5.91 Å². The van der Waals surface area contributed by atoms with Gasteiger partial charge >= 0.3 is 5.69 Å². The van der Waals surface area contributed by atoms with Crippen molar-refractivity contribution in [2.24, 2.45) is 0 Å². The van der Waals surface area contributed by atoms with E-state index in [1.54, 1.807) is 0 Å². The number of fused-ring (bicyclic) bond motifs is 1. The molecule has 0 radical (unpaired) electrons. The van der Waals surface area contributed by atoms with E-state index in [1.807, 2.05) is 41.1 Å². The number of aromatic nitrogens is 1. The lowest BCUT2D eigenvalue weighted by molar-refractivity contribution is -0.385. The van der Waals surface area contributed by atoms with Crippen molar-refractivity contribution in [3.63, 3.8) is 0 Å². The van der Waals surface area contributed by atoms with Gasteiger partial charge < -0.3 is 14.6 Å². The molecule has 1 N–H and O–H groups in total. The lowest BCUT2D eigenvalue weighted by Crippen LogP contribution is -2.18. The van der Waals surface area contributed by atoms with Crippen LogP contribution in [0.25, 0.3) is 10.9 Å². The lowest BCUT2D eigenvalue weighted by Gasteiger charge is -2.09. The van der Waals surface area contributed by atoms with Crippen molar-refractivity contribution in [2.45, 2.75) is 6.54 Å². The molecular weight excluding hydrogens is 310 g/mol. The smallest absolute Gasteiger partial charge is 0.311 e. The zero-order valence-corrected chi connectivity index (χ0v) is 12.9. The highest BCUT2D eigenvalue weighted by molar-refractivity contribution is 5.92. The molecule has 24 heavy (non-hydrogen) atoms. The summed E-state index contributed by atoms with van der Waals surface area (Å²) in [5, 5.41) is 14.7. The van der Waals surface area contributed by atoms with E-state index in [0.717, 1.165) is 10.9 Å². The van der Waals surface area contributed by atoms with Crippen LogP contribution in [0.5, 0.6) is 5.75 Å².